The Morgan fingerprint density at radius 1 is 1.32 bits per heavy atom. The van der Waals surface area contributed by atoms with Crippen LogP contribution in [0, 0.1) is 5.41 Å². The number of hydrogen-bond acceptors (Lipinski definition) is 2. The Balaban J connectivity index is 1.76. The lowest BCUT2D eigenvalue weighted by atomic mass is 9.73. The first-order chi connectivity index (χ1) is 9.03. The molecule has 0 saturated carbocycles. The summed E-state index contributed by atoms with van der Waals surface area (Å²) >= 11 is 2.01. The Hall–Kier alpha value is -0.730. The molecule has 2 aliphatic rings. The highest BCUT2D eigenvalue weighted by Crippen LogP contribution is 2.45. The number of thioether (sulfide) groups is 1. The molecule has 0 fully saturated rings. The van der Waals surface area contributed by atoms with Crippen molar-refractivity contribution in [1.29, 1.82) is 0 Å². The maximum atomic E-state index is 6.19. The summed E-state index contributed by atoms with van der Waals surface area (Å²) < 4.78 is 0. The molecule has 19 heavy (non-hydrogen) atoms. The average molecular weight is 273 g/mol. The fraction of sp³-hybridized carbons (Fsp3) is 0.529. The van der Waals surface area contributed by atoms with Crippen LogP contribution in [0.25, 0.3) is 0 Å². The van der Waals surface area contributed by atoms with Gasteiger partial charge >= 0.3 is 0 Å². The van der Waals surface area contributed by atoms with E-state index in [9.17, 15) is 0 Å². The van der Waals surface area contributed by atoms with Gasteiger partial charge in [-0.1, -0.05) is 43.7 Å². The lowest BCUT2D eigenvalue weighted by molar-refractivity contribution is 0.296. The second-order valence-corrected chi connectivity index (χ2v) is 7.85. The van der Waals surface area contributed by atoms with E-state index >= 15 is 0 Å². The molecule has 2 atom stereocenters. The zero-order chi connectivity index (χ0) is 13.5. The van der Waals surface area contributed by atoms with Crippen LogP contribution in [-0.4, -0.2) is 11.8 Å². The second-order valence-electron chi connectivity index (χ2n) is 6.78. The van der Waals surface area contributed by atoms with E-state index < -0.39 is 0 Å². The third-order valence-corrected chi connectivity index (χ3v) is 5.50. The van der Waals surface area contributed by atoms with E-state index in [1.807, 2.05) is 11.8 Å². The summed E-state index contributed by atoms with van der Waals surface area (Å²) in [5.41, 5.74) is 9.68. The van der Waals surface area contributed by atoms with Gasteiger partial charge in [0.2, 0.25) is 0 Å². The number of rotatable bonds is 2. The third kappa shape index (κ3) is 2.90. The highest BCUT2D eigenvalue weighted by Gasteiger charge is 2.30. The molecule has 0 bridgehead atoms. The average Bonchev–Trinajstić information content (AvgIpc) is 2.70. The van der Waals surface area contributed by atoms with Crippen molar-refractivity contribution >= 4 is 11.8 Å². The van der Waals surface area contributed by atoms with Crippen molar-refractivity contribution in [3.8, 4) is 0 Å². The topological polar surface area (TPSA) is 26.0 Å². The van der Waals surface area contributed by atoms with Crippen molar-refractivity contribution in [2.24, 2.45) is 11.1 Å². The highest BCUT2D eigenvalue weighted by molar-refractivity contribution is 7.99. The van der Waals surface area contributed by atoms with Crippen molar-refractivity contribution in [2.45, 2.75) is 50.0 Å². The molecule has 1 heterocycles. The number of fused-ring (bicyclic) bond motifs is 1. The minimum Gasteiger partial charge on any atom is -0.324 e. The maximum Gasteiger partial charge on any atom is 0.0231 e. The molecular formula is C17H23NS. The van der Waals surface area contributed by atoms with Crippen LogP contribution in [0.2, 0.25) is 0 Å². The molecule has 1 nitrogen and oxygen atoms in total. The Bertz CT molecular complexity index is 504. The molecular weight excluding hydrogens is 250 g/mol. The van der Waals surface area contributed by atoms with Crippen LogP contribution in [0.1, 0.15) is 44.6 Å². The van der Waals surface area contributed by atoms with Crippen LogP contribution >= 0.6 is 11.8 Å². The standard InChI is InChI=1S/C17H23NS/c1-17(2)9-12(8-14(18)10-17)7-13-11-19-16-6-4-3-5-15(13)16/h3-6,8,13-14H,7,9-11,18H2,1-2H3. The van der Waals surface area contributed by atoms with E-state index in [4.69, 9.17) is 5.73 Å². The second kappa shape index (κ2) is 4.99. The van der Waals surface area contributed by atoms with Gasteiger partial charge in [0.25, 0.3) is 0 Å². The Kier molecular flexibility index (Phi) is 3.48. The number of benzene rings is 1. The molecule has 2 N–H and O–H groups in total. The molecule has 0 saturated heterocycles. The summed E-state index contributed by atoms with van der Waals surface area (Å²) in [7, 11) is 0. The van der Waals surface area contributed by atoms with E-state index in [0.29, 0.717) is 11.3 Å². The lowest BCUT2D eigenvalue weighted by Crippen LogP contribution is -2.31. The van der Waals surface area contributed by atoms with Crippen molar-refractivity contribution in [3.05, 3.63) is 41.5 Å². The van der Waals surface area contributed by atoms with Gasteiger partial charge in [-0.15, -0.1) is 11.8 Å². The zero-order valence-electron chi connectivity index (χ0n) is 11.9. The molecule has 2 unspecified atom stereocenters. The molecule has 102 valence electrons. The molecule has 0 aromatic heterocycles. The SMILES string of the molecule is CC1(C)CC(CC2CSc3ccccc32)=CC(N)C1. The number of nitrogens with two attached hydrogens (primary N) is 1. The molecule has 1 aromatic carbocycles. The first-order valence-electron chi connectivity index (χ1n) is 7.20. The van der Waals surface area contributed by atoms with Crippen LogP contribution in [0.15, 0.2) is 40.8 Å². The molecule has 0 amide bonds. The lowest BCUT2D eigenvalue weighted by Gasteiger charge is -2.34. The summed E-state index contributed by atoms with van der Waals surface area (Å²) in [4.78, 5) is 1.48. The Labute approximate surface area is 120 Å². The highest BCUT2D eigenvalue weighted by atomic mass is 32.2. The molecule has 2 heteroatoms. The number of hydrogen-bond donors (Lipinski definition) is 1. The summed E-state index contributed by atoms with van der Waals surface area (Å²) in [6.45, 7) is 4.69. The predicted molar refractivity (Wildman–Crippen MR) is 83.6 cm³/mol. The zero-order valence-corrected chi connectivity index (χ0v) is 12.7. The van der Waals surface area contributed by atoms with Gasteiger partial charge in [-0.2, -0.15) is 0 Å². The monoisotopic (exact) mass is 273 g/mol. The van der Waals surface area contributed by atoms with Gasteiger partial charge < -0.3 is 5.73 Å². The van der Waals surface area contributed by atoms with Gasteiger partial charge in [-0.25, -0.2) is 0 Å². The molecule has 1 aliphatic heterocycles. The first-order valence-corrected chi connectivity index (χ1v) is 8.19. The molecule has 0 radical (unpaired) electrons. The van der Waals surface area contributed by atoms with E-state index in [1.165, 1.54) is 23.5 Å². The normalized spacial score (nSPS) is 28.9. The van der Waals surface area contributed by atoms with E-state index in [-0.39, 0.29) is 6.04 Å². The minimum atomic E-state index is 0.253. The number of allylic oxidation sites excluding steroid dienone is 1. The van der Waals surface area contributed by atoms with Gasteiger partial charge in [0.1, 0.15) is 0 Å². The van der Waals surface area contributed by atoms with Crippen molar-refractivity contribution in [1.82, 2.24) is 0 Å². The van der Waals surface area contributed by atoms with Gasteiger partial charge in [0.05, 0.1) is 0 Å². The van der Waals surface area contributed by atoms with Crippen LogP contribution in [0.5, 0.6) is 0 Å². The maximum absolute atomic E-state index is 6.19. The van der Waals surface area contributed by atoms with Crippen LogP contribution in [-0.2, 0) is 0 Å². The van der Waals surface area contributed by atoms with E-state index in [0.717, 1.165) is 6.42 Å². The quantitative estimate of drug-likeness (QED) is 0.811. The van der Waals surface area contributed by atoms with Crippen LogP contribution < -0.4 is 5.73 Å². The van der Waals surface area contributed by atoms with E-state index in [2.05, 4.69) is 44.2 Å². The fourth-order valence-electron chi connectivity index (χ4n) is 3.60. The van der Waals surface area contributed by atoms with Gasteiger partial charge in [-0.3, -0.25) is 0 Å². The van der Waals surface area contributed by atoms with Crippen LogP contribution in [0.4, 0.5) is 0 Å². The summed E-state index contributed by atoms with van der Waals surface area (Å²) in [5.74, 6) is 1.92. The Morgan fingerprint density at radius 2 is 2.11 bits per heavy atom. The van der Waals surface area contributed by atoms with Gasteiger partial charge in [-0.05, 0) is 42.2 Å². The van der Waals surface area contributed by atoms with Crippen molar-refractivity contribution < 1.29 is 0 Å². The largest absolute Gasteiger partial charge is 0.324 e. The predicted octanol–water partition coefficient (Wildman–Crippen LogP) is 4.34. The summed E-state index contributed by atoms with van der Waals surface area (Å²) in [6, 6.07) is 9.12. The first kappa shape index (κ1) is 13.3. The van der Waals surface area contributed by atoms with Gasteiger partial charge in [0, 0.05) is 16.7 Å². The molecule has 1 aliphatic carbocycles. The molecule has 1 aromatic rings. The van der Waals surface area contributed by atoms with Gasteiger partial charge in [0.15, 0.2) is 0 Å². The smallest absolute Gasteiger partial charge is 0.0231 e. The molecule has 0 spiro atoms. The van der Waals surface area contributed by atoms with Crippen molar-refractivity contribution in [3.63, 3.8) is 0 Å². The molecule has 3 rings (SSSR count). The van der Waals surface area contributed by atoms with Crippen LogP contribution in [0.3, 0.4) is 0 Å². The summed E-state index contributed by atoms with van der Waals surface area (Å²) in [5, 5.41) is 0. The summed E-state index contributed by atoms with van der Waals surface area (Å²) in [6.07, 6.45) is 5.86. The minimum absolute atomic E-state index is 0.253. The van der Waals surface area contributed by atoms with Crippen molar-refractivity contribution in [2.75, 3.05) is 5.75 Å². The third-order valence-electron chi connectivity index (χ3n) is 4.25. The fourth-order valence-corrected chi connectivity index (χ4v) is 4.85. The Morgan fingerprint density at radius 3 is 2.89 bits per heavy atom. The van der Waals surface area contributed by atoms with E-state index in [1.54, 1.807) is 11.1 Å².